The molecular weight excluding hydrogens is 205 g/mol. The molecule has 1 aliphatic rings. The molecule has 0 aliphatic heterocycles. The summed E-state index contributed by atoms with van der Waals surface area (Å²) >= 11 is 0. The van der Waals surface area contributed by atoms with Gasteiger partial charge in [0.05, 0.1) is 6.61 Å². The highest BCUT2D eigenvalue weighted by molar-refractivity contribution is 5.26. The van der Waals surface area contributed by atoms with Crippen LogP contribution in [0.4, 0.5) is 4.39 Å². The van der Waals surface area contributed by atoms with E-state index in [9.17, 15) is 4.39 Å². The Labute approximate surface area is 95.8 Å². The van der Waals surface area contributed by atoms with Gasteiger partial charge in [0.2, 0.25) is 0 Å². The highest BCUT2D eigenvalue weighted by atomic mass is 19.1. The van der Waals surface area contributed by atoms with E-state index in [-0.39, 0.29) is 5.82 Å². The minimum atomic E-state index is -0.154. The molecular formula is C13H18FNO. The van der Waals surface area contributed by atoms with Gasteiger partial charge in [0.15, 0.2) is 0 Å². The van der Waals surface area contributed by atoms with Crippen molar-refractivity contribution in [3.05, 3.63) is 35.6 Å². The third-order valence-electron chi connectivity index (χ3n) is 3.11. The van der Waals surface area contributed by atoms with E-state index in [4.69, 9.17) is 4.74 Å². The Morgan fingerprint density at radius 1 is 1.38 bits per heavy atom. The monoisotopic (exact) mass is 223 g/mol. The Kier molecular flexibility index (Phi) is 3.91. The highest BCUT2D eigenvalue weighted by Gasteiger charge is 2.37. The van der Waals surface area contributed by atoms with Crippen LogP contribution in [0.2, 0.25) is 0 Å². The van der Waals surface area contributed by atoms with Gasteiger partial charge in [-0.05, 0) is 42.5 Å². The van der Waals surface area contributed by atoms with Crippen LogP contribution in [0.15, 0.2) is 24.3 Å². The topological polar surface area (TPSA) is 21.3 Å². The van der Waals surface area contributed by atoms with E-state index < -0.39 is 0 Å². The summed E-state index contributed by atoms with van der Waals surface area (Å²) in [5, 5.41) is 3.36. The lowest BCUT2D eigenvalue weighted by Crippen LogP contribution is -2.21. The SMILES string of the molecule is COCCNCC1CC1c1ccc(F)cc1. The molecule has 2 rings (SSSR count). The average molecular weight is 223 g/mol. The van der Waals surface area contributed by atoms with E-state index >= 15 is 0 Å². The Morgan fingerprint density at radius 3 is 2.81 bits per heavy atom. The molecule has 1 saturated carbocycles. The van der Waals surface area contributed by atoms with Crippen LogP contribution >= 0.6 is 0 Å². The van der Waals surface area contributed by atoms with Gasteiger partial charge >= 0.3 is 0 Å². The summed E-state index contributed by atoms with van der Waals surface area (Å²) in [5.74, 6) is 1.18. The zero-order valence-corrected chi connectivity index (χ0v) is 9.58. The van der Waals surface area contributed by atoms with Gasteiger partial charge in [0, 0.05) is 13.7 Å². The number of hydrogen-bond acceptors (Lipinski definition) is 2. The molecule has 2 atom stereocenters. The second-order valence-electron chi connectivity index (χ2n) is 4.35. The van der Waals surface area contributed by atoms with Gasteiger partial charge in [-0.2, -0.15) is 0 Å². The van der Waals surface area contributed by atoms with E-state index in [0.717, 1.165) is 19.7 Å². The van der Waals surface area contributed by atoms with E-state index in [1.54, 1.807) is 19.2 Å². The summed E-state index contributed by atoms with van der Waals surface area (Å²) in [5.41, 5.74) is 1.26. The summed E-state index contributed by atoms with van der Waals surface area (Å²) in [4.78, 5) is 0. The first-order chi connectivity index (χ1) is 7.81. The van der Waals surface area contributed by atoms with Crippen molar-refractivity contribution in [1.29, 1.82) is 0 Å². The van der Waals surface area contributed by atoms with Gasteiger partial charge in [-0.25, -0.2) is 4.39 Å². The van der Waals surface area contributed by atoms with Crippen LogP contribution in [0.5, 0.6) is 0 Å². The molecule has 0 heterocycles. The average Bonchev–Trinajstić information content (AvgIpc) is 3.05. The Morgan fingerprint density at radius 2 is 2.12 bits per heavy atom. The lowest BCUT2D eigenvalue weighted by molar-refractivity contribution is 0.199. The van der Waals surface area contributed by atoms with Crippen LogP contribution in [-0.4, -0.2) is 26.8 Å². The fourth-order valence-corrected chi connectivity index (χ4v) is 2.05. The van der Waals surface area contributed by atoms with Gasteiger partial charge in [-0.1, -0.05) is 12.1 Å². The Bertz CT molecular complexity index is 325. The second-order valence-corrected chi connectivity index (χ2v) is 4.35. The minimum Gasteiger partial charge on any atom is -0.383 e. The standard InChI is InChI=1S/C13H18FNO/c1-16-7-6-15-9-11-8-13(11)10-2-4-12(14)5-3-10/h2-5,11,13,15H,6-9H2,1H3. The molecule has 0 amide bonds. The van der Waals surface area contributed by atoms with E-state index in [2.05, 4.69) is 5.32 Å². The van der Waals surface area contributed by atoms with Crippen molar-refractivity contribution in [2.45, 2.75) is 12.3 Å². The minimum absolute atomic E-state index is 0.154. The molecule has 0 bridgehead atoms. The van der Waals surface area contributed by atoms with Crippen molar-refractivity contribution in [3.8, 4) is 0 Å². The summed E-state index contributed by atoms with van der Waals surface area (Å²) in [6.45, 7) is 2.70. The molecule has 1 aromatic rings. The van der Waals surface area contributed by atoms with Crippen molar-refractivity contribution in [2.24, 2.45) is 5.92 Å². The highest BCUT2D eigenvalue weighted by Crippen LogP contribution is 2.46. The number of benzene rings is 1. The second kappa shape index (κ2) is 5.41. The predicted octanol–water partition coefficient (Wildman–Crippen LogP) is 2.17. The summed E-state index contributed by atoms with van der Waals surface area (Å²) in [6, 6.07) is 6.89. The van der Waals surface area contributed by atoms with Gasteiger partial charge in [0.25, 0.3) is 0 Å². The normalized spacial score (nSPS) is 23.4. The molecule has 2 unspecified atom stereocenters. The molecule has 1 N–H and O–H groups in total. The van der Waals surface area contributed by atoms with Gasteiger partial charge < -0.3 is 10.1 Å². The zero-order chi connectivity index (χ0) is 11.4. The van der Waals surface area contributed by atoms with Crippen LogP contribution in [0.25, 0.3) is 0 Å². The summed E-state index contributed by atoms with van der Waals surface area (Å²) < 4.78 is 17.7. The summed E-state index contributed by atoms with van der Waals surface area (Å²) in [7, 11) is 1.71. The number of rotatable bonds is 6. The molecule has 0 spiro atoms. The zero-order valence-electron chi connectivity index (χ0n) is 9.58. The molecule has 1 fully saturated rings. The molecule has 88 valence electrons. The van der Waals surface area contributed by atoms with E-state index in [1.165, 1.54) is 12.0 Å². The maximum absolute atomic E-state index is 12.7. The molecule has 2 nitrogen and oxygen atoms in total. The first-order valence-corrected chi connectivity index (χ1v) is 5.76. The number of ether oxygens (including phenoxy) is 1. The smallest absolute Gasteiger partial charge is 0.123 e. The third kappa shape index (κ3) is 3.03. The maximum Gasteiger partial charge on any atom is 0.123 e. The van der Waals surface area contributed by atoms with Crippen LogP contribution < -0.4 is 5.32 Å². The number of methoxy groups -OCH3 is 1. The lowest BCUT2D eigenvalue weighted by atomic mass is 10.1. The van der Waals surface area contributed by atoms with Crippen molar-refractivity contribution in [2.75, 3.05) is 26.8 Å². The molecule has 1 aliphatic carbocycles. The quantitative estimate of drug-likeness (QED) is 0.746. The van der Waals surface area contributed by atoms with E-state index in [0.29, 0.717) is 11.8 Å². The maximum atomic E-state index is 12.7. The van der Waals surface area contributed by atoms with Gasteiger partial charge in [-0.15, -0.1) is 0 Å². The molecule has 0 aromatic heterocycles. The molecule has 16 heavy (non-hydrogen) atoms. The first kappa shape index (κ1) is 11.6. The molecule has 0 saturated heterocycles. The van der Waals surface area contributed by atoms with E-state index in [1.807, 2.05) is 12.1 Å². The Balaban J connectivity index is 1.72. The number of hydrogen-bond donors (Lipinski definition) is 1. The predicted molar refractivity (Wildman–Crippen MR) is 62.0 cm³/mol. The van der Waals surface area contributed by atoms with Crippen molar-refractivity contribution < 1.29 is 9.13 Å². The van der Waals surface area contributed by atoms with Gasteiger partial charge in [-0.3, -0.25) is 0 Å². The van der Waals surface area contributed by atoms with Crippen molar-refractivity contribution in [3.63, 3.8) is 0 Å². The van der Waals surface area contributed by atoms with Crippen LogP contribution in [0, 0.1) is 11.7 Å². The Hall–Kier alpha value is -0.930. The third-order valence-corrected chi connectivity index (χ3v) is 3.11. The fraction of sp³-hybridized carbons (Fsp3) is 0.538. The van der Waals surface area contributed by atoms with Crippen LogP contribution in [0.1, 0.15) is 17.9 Å². The van der Waals surface area contributed by atoms with Crippen molar-refractivity contribution in [1.82, 2.24) is 5.32 Å². The fourth-order valence-electron chi connectivity index (χ4n) is 2.05. The molecule has 3 heteroatoms. The molecule has 0 radical (unpaired) electrons. The first-order valence-electron chi connectivity index (χ1n) is 5.76. The number of nitrogens with one attached hydrogen (secondary N) is 1. The van der Waals surface area contributed by atoms with Crippen molar-refractivity contribution >= 4 is 0 Å². The lowest BCUT2D eigenvalue weighted by Gasteiger charge is -2.03. The van der Waals surface area contributed by atoms with Crippen LogP contribution in [-0.2, 0) is 4.74 Å². The van der Waals surface area contributed by atoms with Gasteiger partial charge in [0.1, 0.15) is 5.82 Å². The van der Waals surface area contributed by atoms with Crippen LogP contribution in [0.3, 0.4) is 0 Å². The molecule has 1 aromatic carbocycles. The summed E-state index contributed by atoms with van der Waals surface area (Å²) in [6.07, 6.45) is 1.21. The number of halogens is 1. The largest absolute Gasteiger partial charge is 0.383 e.